The van der Waals surface area contributed by atoms with Gasteiger partial charge < -0.3 is 4.74 Å². The normalized spacial score (nSPS) is 14.4. The van der Waals surface area contributed by atoms with Crippen LogP contribution in [0.2, 0.25) is 0 Å². The summed E-state index contributed by atoms with van der Waals surface area (Å²) in [5.74, 6) is -4.47. The van der Waals surface area contributed by atoms with Crippen molar-refractivity contribution < 1.29 is 31.5 Å². The van der Waals surface area contributed by atoms with E-state index in [2.05, 4.69) is 4.74 Å². The monoisotopic (exact) mass is 276 g/mol. The number of halogens is 5. The molecule has 0 saturated carbocycles. The van der Waals surface area contributed by atoms with Crippen molar-refractivity contribution in [3.63, 3.8) is 0 Å². The molecule has 0 aromatic heterocycles. The van der Waals surface area contributed by atoms with Crippen LogP contribution in [0.25, 0.3) is 0 Å². The molecule has 108 valence electrons. The highest BCUT2D eigenvalue weighted by molar-refractivity contribution is 5.71. The Hall–Kier alpha value is -0.880. The van der Waals surface area contributed by atoms with Crippen LogP contribution in [0.5, 0.6) is 0 Å². The summed E-state index contributed by atoms with van der Waals surface area (Å²) >= 11 is 0. The highest BCUT2D eigenvalue weighted by atomic mass is 19.4. The Kier molecular flexibility index (Phi) is 6.56. The number of ether oxygens (including phenoxy) is 1. The van der Waals surface area contributed by atoms with E-state index in [1.165, 1.54) is 0 Å². The van der Waals surface area contributed by atoms with Crippen LogP contribution in [0.15, 0.2) is 0 Å². The minimum atomic E-state index is -4.60. The van der Waals surface area contributed by atoms with E-state index in [0.29, 0.717) is 6.42 Å². The van der Waals surface area contributed by atoms with Crippen molar-refractivity contribution >= 4 is 5.97 Å². The molecule has 0 radical (unpaired) electrons. The van der Waals surface area contributed by atoms with Gasteiger partial charge in [-0.25, -0.2) is 8.78 Å². The summed E-state index contributed by atoms with van der Waals surface area (Å²) in [5, 5.41) is 0. The molecule has 0 saturated heterocycles. The van der Waals surface area contributed by atoms with E-state index in [1.54, 1.807) is 13.8 Å². The molecule has 0 N–H and O–H groups in total. The van der Waals surface area contributed by atoms with Gasteiger partial charge >= 0.3 is 12.1 Å². The Morgan fingerprint density at radius 3 is 2.11 bits per heavy atom. The fourth-order valence-electron chi connectivity index (χ4n) is 1.06. The first-order valence-electron chi connectivity index (χ1n) is 5.68. The maximum atomic E-state index is 13.0. The Labute approximate surface area is 102 Å². The van der Waals surface area contributed by atoms with E-state index in [4.69, 9.17) is 0 Å². The minimum Gasteiger partial charge on any atom is -0.465 e. The van der Waals surface area contributed by atoms with Gasteiger partial charge in [-0.15, -0.1) is 0 Å². The summed E-state index contributed by atoms with van der Waals surface area (Å²) < 4.78 is 65.9. The van der Waals surface area contributed by atoms with E-state index in [1.807, 2.05) is 0 Å². The van der Waals surface area contributed by atoms with E-state index in [9.17, 15) is 26.7 Å². The summed E-state index contributed by atoms with van der Waals surface area (Å²) in [4.78, 5) is 11.1. The molecular formula is C11H17F5O2. The van der Waals surface area contributed by atoms with Gasteiger partial charge in [-0.2, -0.15) is 13.2 Å². The van der Waals surface area contributed by atoms with E-state index < -0.39 is 49.9 Å². The molecule has 0 aromatic carbocycles. The third kappa shape index (κ3) is 8.25. The van der Waals surface area contributed by atoms with Gasteiger partial charge in [0.2, 0.25) is 0 Å². The summed E-state index contributed by atoms with van der Waals surface area (Å²) in [7, 11) is 0. The summed E-state index contributed by atoms with van der Waals surface area (Å²) in [6.07, 6.45) is -7.79. The van der Waals surface area contributed by atoms with Gasteiger partial charge in [0, 0.05) is 19.3 Å². The maximum Gasteiger partial charge on any atom is 0.389 e. The average Bonchev–Trinajstić information content (AvgIpc) is 2.24. The molecule has 0 fully saturated rings. The zero-order valence-corrected chi connectivity index (χ0v) is 10.3. The molecule has 2 nitrogen and oxygen atoms in total. The van der Waals surface area contributed by atoms with Crippen molar-refractivity contribution in [2.45, 2.75) is 51.6 Å². The second kappa shape index (κ2) is 6.89. The van der Waals surface area contributed by atoms with Gasteiger partial charge in [0.05, 0.1) is 12.5 Å². The first-order chi connectivity index (χ1) is 8.07. The van der Waals surface area contributed by atoms with Crippen molar-refractivity contribution in [2.24, 2.45) is 5.92 Å². The van der Waals surface area contributed by atoms with Gasteiger partial charge in [-0.05, 0) is 6.42 Å². The number of hydrogen-bond donors (Lipinski definition) is 0. The summed E-state index contributed by atoms with van der Waals surface area (Å²) in [6.45, 7) is 2.77. The third-order valence-electron chi connectivity index (χ3n) is 2.50. The lowest BCUT2D eigenvalue weighted by Crippen LogP contribution is -2.24. The number of hydrogen-bond acceptors (Lipinski definition) is 2. The van der Waals surface area contributed by atoms with Crippen molar-refractivity contribution in [2.75, 3.05) is 6.61 Å². The Morgan fingerprint density at radius 1 is 1.11 bits per heavy atom. The third-order valence-corrected chi connectivity index (χ3v) is 2.50. The summed E-state index contributed by atoms with van der Waals surface area (Å²) in [5.41, 5.74) is 0. The lowest BCUT2D eigenvalue weighted by atomic mass is 10.1. The maximum absolute atomic E-state index is 13.0. The molecular weight excluding hydrogens is 259 g/mol. The summed E-state index contributed by atoms with van der Waals surface area (Å²) in [6, 6.07) is 0. The lowest BCUT2D eigenvalue weighted by Gasteiger charge is -2.17. The molecule has 0 spiro atoms. The molecule has 7 heteroatoms. The average molecular weight is 276 g/mol. The van der Waals surface area contributed by atoms with Crippen molar-refractivity contribution in [1.29, 1.82) is 0 Å². The van der Waals surface area contributed by atoms with E-state index in [-0.39, 0.29) is 0 Å². The first-order valence-corrected chi connectivity index (χ1v) is 5.68. The first kappa shape index (κ1) is 17.1. The number of rotatable bonds is 7. The molecule has 0 aliphatic carbocycles. The fraction of sp³-hybridized carbons (Fsp3) is 0.909. The predicted octanol–water partition coefficient (Wildman–Crippen LogP) is 3.94. The molecule has 0 heterocycles. The fourth-order valence-corrected chi connectivity index (χ4v) is 1.06. The second-order valence-electron chi connectivity index (χ2n) is 4.20. The second-order valence-corrected chi connectivity index (χ2v) is 4.20. The van der Waals surface area contributed by atoms with Crippen LogP contribution in [0.4, 0.5) is 22.0 Å². The SMILES string of the molecule is CCC(C)C(=O)OCCC(F)(F)CCC(F)(F)F. The number of alkyl halides is 5. The molecule has 0 aromatic rings. The lowest BCUT2D eigenvalue weighted by molar-refractivity contribution is -0.159. The molecule has 1 atom stereocenters. The van der Waals surface area contributed by atoms with Crippen molar-refractivity contribution in [3.8, 4) is 0 Å². The number of esters is 1. The van der Waals surface area contributed by atoms with Crippen molar-refractivity contribution in [3.05, 3.63) is 0 Å². The topological polar surface area (TPSA) is 26.3 Å². The molecule has 0 rings (SSSR count). The molecule has 0 bridgehead atoms. The van der Waals surface area contributed by atoms with Gasteiger partial charge in [0.1, 0.15) is 0 Å². The Morgan fingerprint density at radius 2 is 1.67 bits per heavy atom. The Bertz CT molecular complexity index is 263. The van der Waals surface area contributed by atoms with Gasteiger partial charge in [0.25, 0.3) is 5.92 Å². The molecule has 0 amide bonds. The zero-order valence-electron chi connectivity index (χ0n) is 10.3. The number of carbonyl (C=O) groups is 1. The van der Waals surface area contributed by atoms with Crippen molar-refractivity contribution in [1.82, 2.24) is 0 Å². The van der Waals surface area contributed by atoms with Crippen LogP contribution in [0.3, 0.4) is 0 Å². The quantitative estimate of drug-likeness (QED) is 0.520. The van der Waals surface area contributed by atoms with E-state index >= 15 is 0 Å². The van der Waals surface area contributed by atoms with Crippen LogP contribution >= 0.6 is 0 Å². The molecule has 0 aliphatic heterocycles. The van der Waals surface area contributed by atoms with Gasteiger partial charge in [-0.3, -0.25) is 4.79 Å². The van der Waals surface area contributed by atoms with Crippen LogP contribution in [-0.4, -0.2) is 24.7 Å². The molecule has 18 heavy (non-hydrogen) atoms. The minimum absolute atomic E-state index is 0.395. The highest BCUT2D eigenvalue weighted by Crippen LogP contribution is 2.31. The Balaban J connectivity index is 3.93. The van der Waals surface area contributed by atoms with Gasteiger partial charge in [-0.1, -0.05) is 13.8 Å². The smallest absolute Gasteiger partial charge is 0.389 e. The van der Waals surface area contributed by atoms with E-state index in [0.717, 1.165) is 0 Å². The van der Waals surface area contributed by atoms with Crippen LogP contribution in [0, 0.1) is 5.92 Å². The molecule has 1 unspecified atom stereocenters. The standard InChI is InChI=1S/C11H17F5O2/c1-3-8(2)9(17)18-7-6-10(12,13)4-5-11(14,15)16/h8H,3-7H2,1-2H3. The van der Waals surface area contributed by atoms with Crippen LogP contribution < -0.4 is 0 Å². The molecule has 0 aliphatic rings. The van der Waals surface area contributed by atoms with Gasteiger partial charge in [0.15, 0.2) is 0 Å². The highest BCUT2D eigenvalue weighted by Gasteiger charge is 2.36. The van der Waals surface area contributed by atoms with Crippen LogP contribution in [0.1, 0.15) is 39.5 Å². The predicted molar refractivity (Wildman–Crippen MR) is 55.3 cm³/mol. The zero-order chi connectivity index (χ0) is 14.4. The number of carbonyl (C=O) groups excluding carboxylic acids is 1. The largest absolute Gasteiger partial charge is 0.465 e. The van der Waals surface area contributed by atoms with Crippen LogP contribution in [-0.2, 0) is 9.53 Å².